The van der Waals surface area contributed by atoms with E-state index in [0.29, 0.717) is 17.3 Å². The van der Waals surface area contributed by atoms with Gasteiger partial charge in [-0.2, -0.15) is 5.10 Å². The van der Waals surface area contributed by atoms with Crippen LogP contribution in [0.1, 0.15) is 27.2 Å². The van der Waals surface area contributed by atoms with Crippen LogP contribution in [0, 0.1) is 13.8 Å². The molecule has 0 radical (unpaired) electrons. The number of nitrogen functional groups attached to an aromatic ring is 1. The van der Waals surface area contributed by atoms with E-state index in [-0.39, 0.29) is 0 Å². The highest BCUT2D eigenvalue weighted by Gasteiger charge is 2.08. The van der Waals surface area contributed by atoms with Gasteiger partial charge in [-0.15, -0.1) is 0 Å². The fourth-order valence-electron chi connectivity index (χ4n) is 2.32. The summed E-state index contributed by atoms with van der Waals surface area (Å²) in [6.45, 7) is 3.77. The van der Waals surface area contributed by atoms with Crippen LogP contribution in [0.15, 0.2) is 59.8 Å². The molecule has 0 saturated carbocycles. The molecule has 0 unspecified atom stereocenters. The number of carbonyl (C=O) groups excluding carboxylic acids is 1. The van der Waals surface area contributed by atoms with E-state index in [1.165, 1.54) is 4.68 Å². The third kappa shape index (κ3) is 4.11. The van der Waals surface area contributed by atoms with Crippen LogP contribution in [-0.4, -0.2) is 21.8 Å². The molecular formula is C19H18N4O2. The summed E-state index contributed by atoms with van der Waals surface area (Å²) in [4.78, 5) is 16.3. The lowest BCUT2D eigenvalue weighted by atomic mass is 10.1. The summed E-state index contributed by atoms with van der Waals surface area (Å²) in [5.74, 6) is 0.369. The van der Waals surface area contributed by atoms with Gasteiger partial charge in [-0.3, -0.25) is 0 Å². The van der Waals surface area contributed by atoms with Gasteiger partial charge in [-0.05, 0) is 43.7 Å². The molecule has 0 amide bonds. The number of hydrogen-bond donors (Lipinski definition) is 1. The summed E-state index contributed by atoms with van der Waals surface area (Å²) in [6, 6.07) is 14.4. The summed E-state index contributed by atoms with van der Waals surface area (Å²) in [7, 11) is 0. The first-order valence-electron chi connectivity index (χ1n) is 7.76. The number of aromatic nitrogens is 2. The average molecular weight is 334 g/mol. The topological polar surface area (TPSA) is 82.5 Å². The Morgan fingerprint density at radius 3 is 2.72 bits per heavy atom. The minimum Gasteiger partial charge on any atom is -0.423 e. The van der Waals surface area contributed by atoms with Crippen LogP contribution in [0.3, 0.4) is 0 Å². The minimum atomic E-state index is -0.396. The normalized spacial score (nSPS) is 11.0. The van der Waals surface area contributed by atoms with Crippen LogP contribution >= 0.6 is 0 Å². The Morgan fingerprint density at radius 1 is 1.20 bits per heavy atom. The van der Waals surface area contributed by atoms with E-state index < -0.39 is 5.97 Å². The van der Waals surface area contributed by atoms with Crippen molar-refractivity contribution in [2.75, 3.05) is 5.73 Å². The number of aryl methyl sites for hydroxylation is 2. The maximum Gasteiger partial charge on any atom is 0.343 e. The highest BCUT2D eigenvalue weighted by atomic mass is 16.5. The molecule has 2 N–H and O–H groups in total. The molecule has 0 saturated heterocycles. The van der Waals surface area contributed by atoms with Crippen molar-refractivity contribution < 1.29 is 9.53 Å². The van der Waals surface area contributed by atoms with E-state index in [0.717, 1.165) is 16.8 Å². The van der Waals surface area contributed by atoms with Crippen LogP contribution in [-0.2, 0) is 0 Å². The van der Waals surface area contributed by atoms with Crippen molar-refractivity contribution >= 4 is 18.1 Å². The van der Waals surface area contributed by atoms with Gasteiger partial charge < -0.3 is 10.5 Å². The fourth-order valence-corrected chi connectivity index (χ4v) is 2.32. The van der Waals surface area contributed by atoms with Gasteiger partial charge in [0.25, 0.3) is 0 Å². The monoisotopic (exact) mass is 334 g/mol. The zero-order valence-electron chi connectivity index (χ0n) is 14.0. The van der Waals surface area contributed by atoms with E-state index in [9.17, 15) is 4.79 Å². The first-order chi connectivity index (χ1) is 12.0. The number of rotatable bonds is 4. The van der Waals surface area contributed by atoms with E-state index in [4.69, 9.17) is 10.5 Å². The molecule has 0 fully saturated rings. The molecule has 3 rings (SSSR count). The maximum absolute atomic E-state index is 12.2. The summed E-state index contributed by atoms with van der Waals surface area (Å²) in [5, 5.41) is 4.25. The number of hydrogen-bond acceptors (Lipinski definition) is 5. The van der Waals surface area contributed by atoms with Gasteiger partial charge >= 0.3 is 5.97 Å². The molecule has 0 aliphatic rings. The number of nitrogens with zero attached hydrogens (tertiary/aromatic N) is 3. The van der Waals surface area contributed by atoms with E-state index in [1.807, 2.05) is 32.0 Å². The molecule has 6 nitrogen and oxygen atoms in total. The lowest BCUT2D eigenvalue weighted by molar-refractivity contribution is 0.0734. The molecule has 0 spiro atoms. The zero-order valence-corrected chi connectivity index (χ0v) is 14.0. The van der Waals surface area contributed by atoms with Gasteiger partial charge in [0.2, 0.25) is 5.95 Å². The van der Waals surface area contributed by atoms with E-state index in [1.54, 1.807) is 42.7 Å². The van der Waals surface area contributed by atoms with Crippen LogP contribution in [0.2, 0.25) is 0 Å². The number of nitrogens with two attached hydrogens (primary N) is 1. The van der Waals surface area contributed by atoms with Crippen LogP contribution < -0.4 is 10.5 Å². The number of benzene rings is 2. The highest BCUT2D eigenvalue weighted by molar-refractivity contribution is 5.91. The Kier molecular flexibility index (Phi) is 4.61. The Morgan fingerprint density at radius 2 is 2.00 bits per heavy atom. The molecule has 0 aliphatic heterocycles. The van der Waals surface area contributed by atoms with Gasteiger partial charge in [-0.25, -0.2) is 14.5 Å². The summed E-state index contributed by atoms with van der Waals surface area (Å²) in [6.07, 6.45) is 3.36. The number of esters is 1. The third-order valence-electron chi connectivity index (χ3n) is 3.49. The molecule has 0 aliphatic carbocycles. The Labute approximate surface area is 145 Å². The molecule has 6 heteroatoms. The Balaban J connectivity index is 1.75. The highest BCUT2D eigenvalue weighted by Crippen LogP contribution is 2.15. The van der Waals surface area contributed by atoms with E-state index in [2.05, 4.69) is 10.1 Å². The molecule has 126 valence electrons. The summed E-state index contributed by atoms with van der Waals surface area (Å²) >= 11 is 0. The van der Waals surface area contributed by atoms with Crippen molar-refractivity contribution in [3.63, 3.8) is 0 Å². The number of ether oxygens (including phenoxy) is 1. The molecule has 0 bridgehead atoms. The van der Waals surface area contributed by atoms with Gasteiger partial charge in [0.05, 0.1) is 23.7 Å². The predicted octanol–water partition coefficient (Wildman–Crippen LogP) is 3.18. The lowest BCUT2D eigenvalue weighted by Gasteiger charge is -2.05. The molecule has 3 aromatic rings. The minimum absolute atomic E-state index is 0.316. The van der Waals surface area contributed by atoms with Crippen molar-refractivity contribution in [1.82, 2.24) is 9.66 Å². The first-order valence-corrected chi connectivity index (χ1v) is 7.76. The first kappa shape index (κ1) is 16.4. The predicted molar refractivity (Wildman–Crippen MR) is 96.9 cm³/mol. The Bertz CT molecular complexity index is 944. The standard InChI is InChI=1S/C19H18N4O2/c1-13-5-3-7-16(9-13)18(24)25-17-8-4-6-15(10-17)11-21-23-12-14(2)22-19(23)20/h3-12H,1-2H3,(H2,20,22). The van der Waals surface area contributed by atoms with Crippen molar-refractivity contribution in [2.24, 2.45) is 5.10 Å². The molecule has 0 atom stereocenters. The smallest absolute Gasteiger partial charge is 0.343 e. The molecular weight excluding hydrogens is 316 g/mol. The molecule has 2 aromatic carbocycles. The largest absolute Gasteiger partial charge is 0.423 e. The molecule has 25 heavy (non-hydrogen) atoms. The number of anilines is 1. The zero-order chi connectivity index (χ0) is 17.8. The number of carbonyl (C=O) groups is 1. The van der Waals surface area contributed by atoms with Crippen LogP contribution in [0.5, 0.6) is 5.75 Å². The van der Waals surface area contributed by atoms with Crippen molar-refractivity contribution in [3.8, 4) is 5.75 Å². The SMILES string of the molecule is Cc1cccc(C(=O)Oc2cccc(C=Nn3cc(C)nc3N)c2)c1. The van der Waals surface area contributed by atoms with Gasteiger partial charge in [-0.1, -0.05) is 29.8 Å². The molecule has 1 heterocycles. The Hall–Kier alpha value is -3.41. The summed E-state index contributed by atoms with van der Waals surface area (Å²) in [5.41, 5.74) is 8.83. The maximum atomic E-state index is 12.2. The van der Waals surface area contributed by atoms with Gasteiger partial charge in [0, 0.05) is 0 Å². The van der Waals surface area contributed by atoms with Crippen LogP contribution in [0.4, 0.5) is 5.95 Å². The van der Waals surface area contributed by atoms with Gasteiger partial charge in [0.15, 0.2) is 0 Å². The van der Waals surface area contributed by atoms with E-state index >= 15 is 0 Å². The van der Waals surface area contributed by atoms with Crippen molar-refractivity contribution in [3.05, 3.63) is 77.1 Å². The quantitative estimate of drug-likeness (QED) is 0.451. The summed E-state index contributed by atoms with van der Waals surface area (Å²) < 4.78 is 6.92. The fraction of sp³-hybridized carbons (Fsp3) is 0.105. The average Bonchev–Trinajstić information content (AvgIpc) is 2.91. The second-order valence-electron chi connectivity index (χ2n) is 5.66. The van der Waals surface area contributed by atoms with Crippen LogP contribution in [0.25, 0.3) is 0 Å². The van der Waals surface area contributed by atoms with Crippen molar-refractivity contribution in [1.29, 1.82) is 0 Å². The number of imidazole rings is 1. The second-order valence-corrected chi connectivity index (χ2v) is 5.66. The van der Waals surface area contributed by atoms with Crippen molar-refractivity contribution in [2.45, 2.75) is 13.8 Å². The second kappa shape index (κ2) is 7.00. The van der Waals surface area contributed by atoms with Gasteiger partial charge in [0.1, 0.15) is 5.75 Å². The lowest BCUT2D eigenvalue weighted by Crippen LogP contribution is -2.08. The third-order valence-corrected chi connectivity index (χ3v) is 3.49. The molecule has 1 aromatic heterocycles.